The molecule has 0 saturated carbocycles. The van der Waals surface area contributed by atoms with Crippen LogP contribution in [-0.2, 0) is 4.74 Å². The van der Waals surface area contributed by atoms with Crippen LogP contribution in [0, 0.1) is 0 Å². The summed E-state index contributed by atoms with van der Waals surface area (Å²) in [6.45, 7) is 2.26. The summed E-state index contributed by atoms with van der Waals surface area (Å²) in [5, 5.41) is 0. The van der Waals surface area contributed by atoms with Crippen molar-refractivity contribution < 1.29 is 19.1 Å². The van der Waals surface area contributed by atoms with E-state index < -0.39 is 5.97 Å². The van der Waals surface area contributed by atoms with E-state index in [0.717, 1.165) is 28.4 Å². The average Bonchev–Trinajstić information content (AvgIpc) is 2.79. The Kier molecular flexibility index (Phi) is 7.80. The minimum absolute atomic E-state index is 0.258. The van der Waals surface area contributed by atoms with Crippen molar-refractivity contribution in [2.24, 2.45) is 0 Å². The second kappa shape index (κ2) is 10.7. The highest BCUT2D eigenvalue weighted by atomic mass is 79.9. The zero-order valence-corrected chi connectivity index (χ0v) is 18.4. The molecule has 0 bridgehead atoms. The first-order valence-corrected chi connectivity index (χ1v) is 10.7. The van der Waals surface area contributed by atoms with Gasteiger partial charge in [0.1, 0.15) is 11.3 Å². The SMILES string of the molecule is CCCCOc1ccc(Br)cc1C(=O)OCC(=O)c1ccc(-c2ccccc2)cc1. The molecule has 0 atom stereocenters. The molecule has 0 fully saturated rings. The number of unbranched alkanes of at least 4 members (excludes halogenated alkanes) is 1. The maximum Gasteiger partial charge on any atom is 0.342 e. The zero-order chi connectivity index (χ0) is 21.3. The van der Waals surface area contributed by atoms with Crippen LogP contribution < -0.4 is 4.74 Å². The van der Waals surface area contributed by atoms with E-state index in [-0.39, 0.29) is 12.4 Å². The van der Waals surface area contributed by atoms with Crippen molar-refractivity contribution in [2.75, 3.05) is 13.2 Å². The molecule has 3 aromatic rings. The van der Waals surface area contributed by atoms with Gasteiger partial charge in [-0.2, -0.15) is 0 Å². The number of halogens is 1. The van der Waals surface area contributed by atoms with Gasteiger partial charge in [0.15, 0.2) is 12.4 Å². The average molecular weight is 467 g/mol. The lowest BCUT2D eigenvalue weighted by Crippen LogP contribution is -2.15. The lowest BCUT2D eigenvalue weighted by atomic mass is 10.0. The normalized spacial score (nSPS) is 10.5. The van der Waals surface area contributed by atoms with Gasteiger partial charge in [-0.1, -0.05) is 83.9 Å². The summed E-state index contributed by atoms with van der Waals surface area (Å²) in [5.41, 5.74) is 2.89. The molecule has 30 heavy (non-hydrogen) atoms. The first-order valence-electron chi connectivity index (χ1n) is 9.86. The monoisotopic (exact) mass is 466 g/mol. The smallest absolute Gasteiger partial charge is 0.342 e. The van der Waals surface area contributed by atoms with Gasteiger partial charge in [-0.05, 0) is 35.7 Å². The number of esters is 1. The highest BCUT2D eigenvalue weighted by molar-refractivity contribution is 9.10. The number of carbonyl (C=O) groups is 2. The Bertz CT molecular complexity index is 997. The number of rotatable bonds is 9. The standard InChI is InChI=1S/C25H23BrO4/c1-2-3-15-29-24-14-13-21(26)16-22(24)25(28)30-17-23(27)20-11-9-19(10-12-20)18-7-5-4-6-8-18/h4-14,16H,2-3,15,17H2,1H3. The van der Waals surface area contributed by atoms with E-state index in [1.165, 1.54) is 0 Å². The second-order valence-corrected chi connectivity index (χ2v) is 7.70. The molecule has 0 heterocycles. The predicted octanol–water partition coefficient (Wildman–Crippen LogP) is 6.33. The minimum atomic E-state index is -0.586. The van der Waals surface area contributed by atoms with E-state index in [4.69, 9.17) is 9.47 Å². The molecule has 0 aliphatic carbocycles. The molecule has 0 aliphatic heterocycles. The Morgan fingerprint density at radius 3 is 2.30 bits per heavy atom. The van der Waals surface area contributed by atoms with Crippen LogP contribution in [0.15, 0.2) is 77.3 Å². The Labute approximate surface area is 185 Å². The van der Waals surface area contributed by atoms with Crippen molar-refractivity contribution in [1.29, 1.82) is 0 Å². The third-order valence-electron chi connectivity index (χ3n) is 4.57. The summed E-state index contributed by atoms with van der Waals surface area (Å²) < 4.78 is 11.7. The van der Waals surface area contributed by atoms with Crippen molar-refractivity contribution in [3.63, 3.8) is 0 Å². The number of hydrogen-bond acceptors (Lipinski definition) is 4. The van der Waals surface area contributed by atoms with E-state index in [0.29, 0.717) is 23.5 Å². The largest absolute Gasteiger partial charge is 0.493 e. The fourth-order valence-corrected chi connectivity index (χ4v) is 3.25. The molecule has 0 spiro atoms. The number of ether oxygens (including phenoxy) is 2. The molecule has 4 nitrogen and oxygen atoms in total. The molecule has 3 aromatic carbocycles. The lowest BCUT2D eigenvalue weighted by Gasteiger charge is -2.11. The van der Waals surface area contributed by atoms with Crippen LogP contribution >= 0.6 is 15.9 Å². The summed E-state index contributed by atoms with van der Waals surface area (Å²) in [6, 6.07) is 22.4. The van der Waals surface area contributed by atoms with Gasteiger partial charge in [0.05, 0.1) is 6.61 Å². The van der Waals surface area contributed by atoms with Crippen LogP contribution in [-0.4, -0.2) is 25.0 Å². The maximum absolute atomic E-state index is 12.6. The summed E-state index contributed by atoms with van der Waals surface area (Å²) in [6.07, 6.45) is 1.88. The number of hydrogen-bond donors (Lipinski definition) is 0. The molecule has 0 aromatic heterocycles. The van der Waals surface area contributed by atoms with Crippen LogP contribution in [0.3, 0.4) is 0 Å². The zero-order valence-electron chi connectivity index (χ0n) is 16.8. The van der Waals surface area contributed by atoms with Gasteiger partial charge in [0.2, 0.25) is 0 Å². The highest BCUT2D eigenvalue weighted by Crippen LogP contribution is 2.25. The fraction of sp³-hybridized carbons (Fsp3) is 0.200. The van der Waals surface area contributed by atoms with E-state index in [2.05, 4.69) is 22.9 Å². The first kappa shape index (κ1) is 21.8. The van der Waals surface area contributed by atoms with Crippen molar-refractivity contribution in [3.05, 3.63) is 88.4 Å². The van der Waals surface area contributed by atoms with Gasteiger partial charge >= 0.3 is 5.97 Å². The molecule has 3 rings (SSSR count). The third-order valence-corrected chi connectivity index (χ3v) is 5.06. The van der Waals surface area contributed by atoms with E-state index >= 15 is 0 Å². The van der Waals surface area contributed by atoms with E-state index in [1.54, 1.807) is 30.3 Å². The van der Waals surface area contributed by atoms with Gasteiger partial charge in [0.25, 0.3) is 0 Å². The number of Topliss-reactive ketones (excluding diaryl/α,β-unsaturated/α-hetero) is 1. The molecule has 0 radical (unpaired) electrons. The van der Waals surface area contributed by atoms with Gasteiger partial charge < -0.3 is 9.47 Å². The van der Waals surface area contributed by atoms with Crippen LogP contribution in [0.5, 0.6) is 5.75 Å². The molecular formula is C25H23BrO4. The topological polar surface area (TPSA) is 52.6 Å². The van der Waals surface area contributed by atoms with Crippen molar-refractivity contribution in [2.45, 2.75) is 19.8 Å². The summed E-state index contributed by atoms with van der Waals surface area (Å²) in [5.74, 6) is -0.389. The van der Waals surface area contributed by atoms with Crippen LogP contribution in [0.2, 0.25) is 0 Å². The predicted molar refractivity (Wildman–Crippen MR) is 121 cm³/mol. The fourth-order valence-electron chi connectivity index (χ4n) is 2.89. The summed E-state index contributed by atoms with van der Waals surface area (Å²) in [7, 11) is 0. The Morgan fingerprint density at radius 2 is 1.60 bits per heavy atom. The molecule has 154 valence electrons. The van der Waals surface area contributed by atoms with Crippen LogP contribution in [0.1, 0.15) is 40.5 Å². The van der Waals surface area contributed by atoms with E-state index in [1.807, 2.05) is 42.5 Å². The van der Waals surface area contributed by atoms with Crippen molar-refractivity contribution >= 4 is 27.7 Å². The van der Waals surface area contributed by atoms with Crippen LogP contribution in [0.25, 0.3) is 11.1 Å². The minimum Gasteiger partial charge on any atom is -0.493 e. The van der Waals surface area contributed by atoms with Gasteiger partial charge in [-0.3, -0.25) is 4.79 Å². The Hall–Kier alpha value is -2.92. The van der Waals surface area contributed by atoms with Gasteiger partial charge in [0, 0.05) is 10.0 Å². The van der Waals surface area contributed by atoms with Crippen molar-refractivity contribution in [3.8, 4) is 16.9 Å². The lowest BCUT2D eigenvalue weighted by molar-refractivity contribution is 0.0470. The Morgan fingerprint density at radius 1 is 0.900 bits per heavy atom. The molecule has 5 heteroatoms. The third kappa shape index (κ3) is 5.80. The molecule has 0 unspecified atom stereocenters. The molecule has 0 amide bonds. The molecule has 0 N–H and O–H groups in total. The number of ketones is 1. The molecular weight excluding hydrogens is 444 g/mol. The summed E-state index contributed by atoms with van der Waals surface area (Å²) in [4.78, 5) is 25.0. The van der Waals surface area contributed by atoms with E-state index in [9.17, 15) is 9.59 Å². The number of carbonyl (C=O) groups excluding carboxylic acids is 2. The Balaban J connectivity index is 1.63. The van der Waals surface area contributed by atoms with Crippen molar-refractivity contribution in [1.82, 2.24) is 0 Å². The van der Waals surface area contributed by atoms with Gasteiger partial charge in [-0.25, -0.2) is 4.79 Å². The molecule has 0 saturated heterocycles. The maximum atomic E-state index is 12.6. The number of benzene rings is 3. The second-order valence-electron chi connectivity index (χ2n) is 6.79. The van der Waals surface area contributed by atoms with Crippen LogP contribution in [0.4, 0.5) is 0 Å². The summed E-state index contributed by atoms with van der Waals surface area (Å²) >= 11 is 3.36. The highest BCUT2D eigenvalue weighted by Gasteiger charge is 2.17. The quantitative estimate of drug-likeness (QED) is 0.210. The first-order chi connectivity index (χ1) is 14.6. The van der Waals surface area contributed by atoms with Gasteiger partial charge in [-0.15, -0.1) is 0 Å². The molecule has 0 aliphatic rings.